The summed E-state index contributed by atoms with van der Waals surface area (Å²) < 4.78 is 5.85. The van der Waals surface area contributed by atoms with Gasteiger partial charge in [0.25, 0.3) is 0 Å². The molecule has 0 spiro atoms. The molecule has 2 nitrogen and oxygen atoms in total. The van der Waals surface area contributed by atoms with Crippen LogP contribution in [0.1, 0.15) is 25.7 Å². The van der Waals surface area contributed by atoms with Gasteiger partial charge in [0.15, 0.2) is 0 Å². The second-order valence-electron chi connectivity index (χ2n) is 4.31. The minimum absolute atomic E-state index is 0.308. The van der Waals surface area contributed by atoms with Gasteiger partial charge in [0, 0.05) is 22.1 Å². The lowest BCUT2D eigenvalue weighted by Gasteiger charge is -2.35. The van der Waals surface area contributed by atoms with Crippen molar-refractivity contribution >= 4 is 10.2 Å². The Bertz CT molecular complexity index is 132. The quantitative estimate of drug-likeness (QED) is 0.585. The molecule has 1 heterocycles. The van der Waals surface area contributed by atoms with Crippen LogP contribution < -0.4 is 0 Å². The van der Waals surface area contributed by atoms with E-state index in [1.807, 2.05) is 0 Å². The summed E-state index contributed by atoms with van der Waals surface area (Å²) in [6.07, 6.45) is 5.17. The second kappa shape index (κ2) is 4.39. The fraction of sp³-hybridized carbons (Fsp3) is 1.00. The van der Waals surface area contributed by atoms with Crippen LogP contribution in [0, 0.1) is 0 Å². The summed E-state index contributed by atoms with van der Waals surface area (Å²) in [6.45, 7) is 2.17. The Morgan fingerprint density at radius 2 is 2.17 bits per heavy atom. The van der Waals surface area contributed by atoms with Gasteiger partial charge in [-0.3, -0.25) is 0 Å². The molecule has 0 aliphatic carbocycles. The highest BCUT2D eigenvalue weighted by atomic mass is 28.1. The van der Waals surface area contributed by atoms with Gasteiger partial charge in [0.2, 0.25) is 0 Å². The van der Waals surface area contributed by atoms with Gasteiger partial charge in [0.1, 0.15) is 0 Å². The predicted molar refractivity (Wildman–Crippen MR) is 55.6 cm³/mol. The highest BCUT2D eigenvalue weighted by molar-refractivity contribution is 6.14. The number of rotatable bonds is 3. The zero-order valence-corrected chi connectivity index (χ0v) is 10.6. The molecule has 1 unspecified atom stereocenters. The van der Waals surface area contributed by atoms with Gasteiger partial charge in [-0.05, 0) is 46.3 Å². The van der Waals surface area contributed by atoms with Crippen LogP contribution in [0.3, 0.4) is 0 Å². The van der Waals surface area contributed by atoms with Crippen molar-refractivity contribution < 1.29 is 4.74 Å². The molecule has 0 aromatic rings. The molecular weight excluding hydrogens is 166 g/mol. The zero-order chi connectivity index (χ0) is 9.03. The van der Waals surface area contributed by atoms with Gasteiger partial charge in [0.05, 0.1) is 0 Å². The number of hydrogen-bond acceptors (Lipinski definition) is 2. The fourth-order valence-electron chi connectivity index (χ4n) is 1.65. The lowest BCUT2D eigenvalue weighted by atomic mass is 10.1. The third-order valence-electron chi connectivity index (χ3n) is 2.64. The molecular formula is C9H21NOSi. The molecule has 1 aliphatic heterocycles. The van der Waals surface area contributed by atoms with E-state index in [0.717, 1.165) is 6.61 Å². The SMILES string of the molecule is CN(C)CCC1([SiH3])CCCCO1. The van der Waals surface area contributed by atoms with E-state index in [2.05, 4.69) is 19.0 Å². The van der Waals surface area contributed by atoms with Crippen LogP contribution >= 0.6 is 0 Å². The molecule has 0 radical (unpaired) electrons. The third-order valence-corrected chi connectivity index (χ3v) is 3.93. The molecule has 0 aromatic carbocycles. The van der Waals surface area contributed by atoms with E-state index < -0.39 is 0 Å². The fourth-order valence-corrected chi connectivity index (χ4v) is 2.43. The number of ether oxygens (including phenoxy) is 1. The second-order valence-corrected chi connectivity index (χ2v) is 6.13. The summed E-state index contributed by atoms with van der Waals surface area (Å²) in [7, 11) is 5.45. The van der Waals surface area contributed by atoms with Crippen LogP contribution in [0.2, 0.25) is 0 Å². The Balaban J connectivity index is 2.26. The summed E-state index contributed by atoms with van der Waals surface area (Å²) in [5, 5.41) is 0.308. The molecule has 1 atom stereocenters. The van der Waals surface area contributed by atoms with E-state index in [4.69, 9.17) is 4.74 Å². The summed E-state index contributed by atoms with van der Waals surface area (Å²) >= 11 is 0. The van der Waals surface area contributed by atoms with E-state index in [9.17, 15) is 0 Å². The average molecular weight is 187 g/mol. The minimum atomic E-state index is 0.308. The maximum absolute atomic E-state index is 5.85. The molecule has 3 heteroatoms. The first-order chi connectivity index (χ1) is 5.62. The molecule has 0 aromatic heterocycles. The van der Waals surface area contributed by atoms with Gasteiger partial charge < -0.3 is 9.64 Å². The summed E-state index contributed by atoms with van der Waals surface area (Å²) in [5.41, 5.74) is 0. The van der Waals surface area contributed by atoms with Crippen LogP contribution in [-0.4, -0.2) is 47.6 Å². The Morgan fingerprint density at radius 1 is 1.42 bits per heavy atom. The molecule has 1 aliphatic rings. The van der Waals surface area contributed by atoms with Crippen molar-refractivity contribution in [3.8, 4) is 0 Å². The van der Waals surface area contributed by atoms with E-state index in [-0.39, 0.29) is 0 Å². The molecule has 1 fully saturated rings. The summed E-state index contributed by atoms with van der Waals surface area (Å²) in [6, 6.07) is 0. The number of hydrogen-bond donors (Lipinski definition) is 0. The van der Waals surface area contributed by atoms with Crippen LogP contribution in [0.15, 0.2) is 0 Å². The molecule has 1 rings (SSSR count). The van der Waals surface area contributed by atoms with Crippen molar-refractivity contribution in [1.82, 2.24) is 4.90 Å². The molecule has 0 saturated carbocycles. The van der Waals surface area contributed by atoms with Crippen molar-refractivity contribution in [2.24, 2.45) is 0 Å². The summed E-state index contributed by atoms with van der Waals surface area (Å²) in [4.78, 5) is 2.25. The summed E-state index contributed by atoms with van der Waals surface area (Å²) in [5.74, 6) is 0. The van der Waals surface area contributed by atoms with Gasteiger partial charge >= 0.3 is 0 Å². The smallest absolute Gasteiger partial charge is 0.0498 e. The standard InChI is InChI=1S/C9H21NOSi/c1-10(2)7-6-9(12)5-3-4-8-11-9/h3-8H2,1-2,12H3. The Morgan fingerprint density at radius 3 is 2.67 bits per heavy atom. The Labute approximate surface area is 78.7 Å². The van der Waals surface area contributed by atoms with Gasteiger partial charge in [-0.15, -0.1) is 0 Å². The minimum Gasteiger partial charge on any atom is -0.379 e. The lowest BCUT2D eigenvalue weighted by Crippen LogP contribution is -2.39. The van der Waals surface area contributed by atoms with Crippen LogP contribution in [0.5, 0.6) is 0 Å². The predicted octanol–water partition coefficient (Wildman–Crippen LogP) is 0.200. The molecule has 72 valence electrons. The largest absolute Gasteiger partial charge is 0.379 e. The molecule has 0 amide bonds. The van der Waals surface area contributed by atoms with Crippen molar-refractivity contribution in [2.75, 3.05) is 27.2 Å². The topological polar surface area (TPSA) is 12.5 Å². The monoisotopic (exact) mass is 187 g/mol. The average Bonchev–Trinajstić information content (AvgIpc) is 2.03. The Hall–Kier alpha value is 0.137. The lowest BCUT2D eigenvalue weighted by molar-refractivity contribution is -0.0257. The van der Waals surface area contributed by atoms with E-state index >= 15 is 0 Å². The van der Waals surface area contributed by atoms with Gasteiger partial charge in [-0.25, -0.2) is 0 Å². The molecule has 12 heavy (non-hydrogen) atoms. The van der Waals surface area contributed by atoms with Gasteiger partial charge in [-0.2, -0.15) is 0 Å². The van der Waals surface area contributed by atoms with Crippen LogP contribution in [0.4, 0.5) is 0 Å². The molecule has 0 bridgehead atoms. The van der Waals surface area contributed by atoms with Crippen molar-refractivity contribution in [3.63, 3.8) is 0 Å². The Kier molecular flexibility index (Phi) is 3.74. The van der Waals surface area contributed by atoms with Crippen LogP contribution in [0.25, 0.3) is 0 Å². The van der Waals surface area contributed by atoms with Crippen molar-refractivity contribution in [2.45, 2.75) is 30.9 Å². The first-order valence-corrected chi connectivity index (χ1v) is 5.91. The first-order valence-electron chi connectivity index (χ1n) is 4.91. The van der Waals surface area contributed by atoms with Crippen LogP contribution in [-0.2, 0) is 4.74 Å². The van der Waals surface area contributed by atoms with Crippen molar-refractivity contribution in [1.29, 1.82) is 0 Å². The number of nitrogens with zero attached hydrogens (tertiary/aromatic N) is 1. The normalized spacial score (nSPS) is 31.2. The maximum atomic E-state index is 5.85. The van der Waals surface area contributed by atoms with E-state index in [1.165, 1.54) is 42.5 Å². The molecule has 1 saturated heterocycles. The molecule has 0 N–H and O–H groups in total. The third kappa shape index (κ3) is 3.25. The highest BCUT2D eigenvalue weighted by Gasteiger charge is 2.26. The van der Waals surface area contributed by atoms with E-state index in [1.54, 1.807) is 0 Å². The first kappa shape index (κ1) is 10.2. The van der Waals surface area contributed by atoms with Crippen molar-refractivity contribution in [3.05, 3.63) is 0 Å². The van der Waals surface area contributed by atoms with E-state index in [0.29, 0.717) is 5.22 Å². The highest BCUT2D eigenvalue weighted by Crippen LogP contribution is 2.24. The van der Waals surface area contributed by atoms with Gasteiger partial charge in [-0.1, -0.05) is 0 Å². The zero-order valence-electron chi connectivity index (χ0n) is 8.60. The maximum Gasteiger partial charge on any atom is 0.0498 e.